The highest BCUT2D eigenvalue weighted by atomic mass is 35.5. The van der Waals surface area contributed by atoms with Gasteiger partial charge in [-0.2, -0.15) is 0 Å². The predicted molar refractivity (Wildman–Crippen MR) is 129 cm³/mol. The van der Waals surface area contributed by atoms with Gasteiger partial charge >= 0.3 is 0 Å². The summed E-state index contributed by atoms with van der Waals surface area (Å²) < 4.78 is 2.13. The van der Waals surface area contributed by atoms with Crippen molar-refractivity contribution in [2.75, 3.05) is 0 Å². The summed E-state index contributed by atoms with van der Waals surface area (Å²) in [5.41, 5.74) is 0. The lowest BCUT2D eigenvalue weighted by Gasteiger charge is -2.27. The van der Waals surface area contributed by atoms with Gasteiger partial charge in [-0.05, 0) is 36.4 Å². The normalized spacial score (nSPS) is 10.9. The number of imidazole rings is 1. The summed E-state index contributed by atoms with van der Waals surface area (Å²) in [7, 11) is -1.83. The van der Waals surface area contributed by atoms with Gasteiger partial charge in [-0.3, -0.25) is 4.40 Å². The van der Waals surface area contributed by atoms with E-state index in [0.29, 0.717) is 0 Å². The number of hydrogen-bond acceptors (Lipinski definition) is 2. The van der Waals surface area contributed by atoms with Crippen LogP contribution in [0, 0.1) is 0 Å². The lowest BCUT2D eigenvalue weighted by Crippen LogP contribution is -3.00. The van der Waals surface area contributed by atoms with Gasteiger partial charge in [0.05, 0.1) is 17.4 Å². The van der Waals surface area contributed by atoms with E-state index in [1.54, 1.807) is 0 Å². The summed E-state index contributed by atoms with van der Waals surface area (Å²) >= 11 is 1.84. The van der Waals surface area contributed by atoms with Crippen LogP contribution in [0.3, 0.4) is 0 Å². The van der Waals surface area contributed by atoms with E-state index in [2.05, 4.69) is 107 Å². The molecule has 3 aromatic carbocycles. The molecule has 5 aromatic rings. The van der Waals surface area contributed by atoms with Crippen molar-refractivity contribution >= 4 is 51.8 Å². The van der Waals surface area contributed by atoms with E-state index in [1.165, 1.54) is 25.6 Å². The maximum Gasteiger partial charge on any atom is 0.119 e. The molecule has 152 valence electrons. The zero-order valence-corrected chi connectivity index (χ0v) is 19.4. The van der Waals surface area contributed by atoms with Gasteiger partial charge in [-0.1, -0.05) is 54.6 Å². The standard InChI is InChI=1S/C24H20N2PS.2ClH/c1-4-10-20(11-5-1)27(21-12-6-2-7-13-21,22-14-8-3-9-15-22)18-23-17-26-19-25-16-24(26)28-23;;/h1-17,19H,18H2;2*1H/q+1;;/p-1. The average molecular weight is 471 g/mol. The Morgan fingerprint density at radius 3 is 1.63 bits per heavy atom. The van der Waals surface area contributed by atoms with Crippen LogP contribution in [0.5, 0.6) is 0 Å². The molecule has 6 heteroatoms. The third-order valence-electron chi connectivity index (χ3n) is 5.13. The minimum atomic E-state index is -1.83. The van der Waals surface area contributed by atoms with Crippen LogP contribution in [-0.2, 0) is 6.16 Å². The smallest absolute Gasteiger partial charge is 0.119 e. The first-order valence-corrected chi connectivity index (χ1v) is 12.1. The van der Waals surface area contributed by atoms with Gasteiger partial charge in [0.1, 0.15) is 34.2 Å². The highest BCUT2D eigenvalue weighted by Crippen LogP contribution is 2.58. The maximum absolute atomic E-state index is 4.26. The Morgan fingerprint density at radius 2 is 1.20 bits per heavy atom. The monoisotopic (exact) mass is 470 g/mol. The quantitative estimate of drug-likeness (QED) is 0.360. The number of benzene rings is 3. The van der Waals surface area contributed by atoms with Gasteiger partial charge in [-0.25, -0.2) is 4.98 Å². The number of hydrogen-bond donors (Lipinski definition) is 0. The number of rotatable bonds is 5. The molecule has 2 nitrogen and oxygen atoms in total. The number of thiazole rings is 1. The Bertz CT molecular complexity index is 1070. The summed E-state index contributed by atoms with van der Waals surface area (Å²) in [6.07, 6.45) is 7.10. The molecule has 2 aromatic heterocycles. The number of aromatic nitrogens is 2. The molecule has 0 aliphatic rings. The SMILES string of the molecule is Cl.[Cl-].c1ccc([P+](Cc2cn3cncc3s2)(c2ccccc2)c2ccccc2)cc1. The average Bonchev–Trinajstić information content (AvgIpc) is 3.36. The Labute approximate surface area is 193 Å². The molecule has 0 saturated carbocycles. The van der Waals surface area contributed by atoms with Crippen molar-refractivity contribution < 1.29 is 12.4 Å². The van der Waals surface area contributed by atoms with Crippen molar-refractivity contribution in [1.82, 2.24) is 9.38 Å². The van der Waals surface area contributed by atoms with Crippen LogP contribution in [0.2, 0.25) is 0 Å². The van der Waals surface area contributed by atoms with Crippen LogP contribution in [0.15, 0.2) is 110 Å². The molecular weight excluding hydrogens is 450 g/mol. The summed E-state index contributed by atoms with van der Waals surface area (Å²) in [5.74, 6) is 0. The predicted octanol–water partition coefficient (Wildman–Crippen LogP) is 2.32. The minimum Gasteiger partial charge on any atom is -1.00 e. The Balaban J connectivity index is 0.00000128. The Kier molecular flexibility index (Phi) is 7.33. The van der Waals surface area contributed by atoms with Crippen LogP contribution in [0.25, 0.3) is 4.83 Å². The summed E-state index contributed by atoms with van der Waals surface area (Å²) in [6.45, 7) is 0. The molecule has 0 saturated heterocycles. The van der Waals surface area contributed by atoms with E-state index in [0.717, 1.165) is 6.16 Å². The van der Waals surface area contributed by atoms with Gasteiger partial charge in [0, 0.05) is 6.20 Å². The molecule has 0 amide bonds. The van der Waals surface area contributed by atoms with Gasteiger partial charge in [-0.15, -0.1) is 23.7 Å². The minimum absolute atomic E-state index is 0. The third-order valence-corrected chi connectivity index (χ3v) is 10.7. The lowest BCUT2D eigenvalue weighted by molar-refractivity contribution is -0.00000555. The van der Waals surface area contributed by atoms with Crippen molar-refractivity contribution in [3.63, 3.8) is 0 Å². The molecular formula is C24H21Cl2N2PS. The molecule has 0 atom stereocenters. The van der Waals surface area contributed by atoms with E-state index in [-0.39, 0.29) is 24.8 Å². The van der Waals surface area contributed by atoms with Crippen LogP contribution in [0.1, 0.15) is 4.88 Å². The molecule has 0 aliphatic carbocycles. The highest BCUT2D eigenvalue weighted by Gasteiger charge is 2.45. The van der Waals surface area contributed by atoms with Crippen LogP contribution >= 0.6 is 31.0 Å². The molecule has 0 N–H and O–H groups in total. The molecule has 30 heavy (non-hydrogen) atoms. The van der Waals surface area contributed by atoms with Crippen LogP contribution < -0.4 is 28.3 Å². The van der Waals surface area contributed by atoms with E-state index in [9.17, 15) is 0 Å². The zero-order valence-electron chi connectivity index (χ0n) is 16.1. The second kappa shape index (κ2) is 9.76. The fourth-order valence-electron chi connectivity index (χ4n) is 3.86. The Hall–Kier alpha value is -2.16. The largest absolute Gasteiger partial charge is 1.00 e. The molecule has 0 spiro atoms. The lowest BCUT2D eigenvalue weighted by atomic mass is 10.4. The molecule has 0 bridgehead atoms. The van der Waals surface area contributed by atoms with Gasteiger partial charge < -0.3 is 12.4 Å². The third kappa shape index (κ3) is 4.04. The van der Waals surface area contributed by atoms with Crippen LogP contribution in [0.4, 0.5) is 0 Å². The van der Waals surface area contributed by atoms with Crippen molar-refractivity contribution in [1.29, 1.82) is 0 Å². The van der Waals surface area contributed by atoms with Crippen molar-refractivity contribution in [2.45, 2.75) is 6.16 Å². The first kappa shape index (κ1) is 22.5. The fraction of sp³-hybridized carbons (Fsp3) is 0.0417. The second-order valence-electron chi connectivity index (χ2n) is 6.81. The zero-order chi connectivity index (χ0) is 18.8. The Morgan fingerprint density at radius 1 is 0.733 bits per heavy atom. The molecule has 0 radical (unpaired) electrons. The van der Waals surface area contributed by atoms with E-state index in [4.69, 9.17) is 0 Å². The summed E-state index contributed by atoms with van der Waals surface area (Å²) in [6, 6.07) is 33.1. The molecule has 0 unspecified atom stereocenters. The van der Waals surface area contributed by atoms with Crippen LogP contribution in [-0.4, -0.2) is 9.38 Å². The number of nitrogens with zero attached hydrogens (tertiary/aromatic N) is 2. The van der Waals surface area contributed by atoms with E-state index in [1.807, 2.05) is 23.9 Å². The van der Waals surface area contributed by atoms with E-state index >= 15 is 0 Å². The summed E-state index contributed by atoms with van der Waals surface area (Å²) in [5, 5.41) is 4.26. The van der Waals surface area contributed by atoms with Crippen molar-refractivity contribution in [2.24, 2.45) is 0 Å². The topological polar surface area (TPSA) is 17.3 Å². The fourth-order valence-corrected chi connectivity index (χ4v) is 9.49. The molecule has 5 rings (SSSR count). The van der Waals surface area contributed by atoms with Gasteiger partial charge in [0.2, 0.25) is 0 Å². The number of fused-ring (bicyclic) bond motifs is 1. The van der Waals surface area contributed by atoms with Crippen molar-refractivity contribution in [3.8, 4) is 0 Å². The molecule has 2 heterocycles. The van der Waals surface area contributed by atoms with Gasteiger partial charge in [0.15, 0.2) is 0 Å². The van der Waals surface area contributed by atoms with E-state index < -0.39 is 7.26 Å². The first-order chi connectivity index (χ1) is 13.9. The van der Waals surface area contributed by atoms with Gasteiger partial charge in [0.25, 0.3) is 0 Å². The molecule has 0 fully saturated rings. The summed E-state index contributed by atoms with van der Waals surface area (Å²) in [4.78, 5) is 6.84. The first-order valence-electron chi connectivity index (χ1n) is 9.31. The molecule has 0 aliphatic heterocycles. The maximum atomic E-state index is 4.26. The second-order valence-corrected chi connectivity index (χ2v) is 11.4. The number of halogens is 2. The van der Waals surface area contributed by atoms with Crippen molar-refractivity contribution in [3.05, 3.63) is 115 Å². The highest BCUT2D eigenvalue weighted by molar-refractivity contribution is 7.95.